The molecule has 2 unspecified atom stereocenters. The van der Waals surface area contributed by atoms with Crippen molar-refractivity contribution >= 4 is 10.8 Å². The quantitative estimate of drug-likeness (QED) is 0.755. The smallest absolute Gasteiger partial charge is 0.127 e. The van der Waals surface area contributed by atoms with Crippen molar-refractivity contribution in [2.24, 2.45) is 0 Å². The molecule has 0 heterocycles. The summed E-state index contributed by atoms with van der Waals surface area (Å²) in [6.07, 6.45) is 2.44. The van der Waals surface area contributed by atoms with Crippen LogP contribution in [-0.2, 0) is 10.8 Å². The van der Waals surface area contributed by atoms with Crippen LogP contribution in [0.15, 0.2) is 23.1 Å². The molecule has 0 aliphatic rings. The van der Waals surface area contributed by atoms with E-state index in [2.05, 4.69) is 0 Å². The van der Waals surface area contributed by atoms with Crippen molar-refractivity contribution in [3.05, 3.63) is 29.6 Å². The van der Waals surface area contributed by atoms with Crippen LogP contribution in [-0.4, -0.2) is 10.5 Å². The van der Waals surface area contributed by atoms with E-state index in [-0.39, 0.29) is 11.7 Å². The second-order valence-corrected chi connectivity index (χ2v) is 4.76. The van der Waals surface area contributed by atoms with Crippen molar-refractivity contribution in [2.75, 3.05) is 6.26 Å². The van der Waals surface area contributed by atoms with Crippen molar-refractivity contribution in [2.45, 2.75) is 31.1 Å². The van der Waals surface area contributed by atoms with Crippen LogP contribution < -0.4 is 0 Å². The van der Waals surface area contributed by atoms with Gasteiger partial charge in [-0.25, -0.2) is 4.39 Å². The summed E-state index contributed by atoms with van der Waals surface area (Å²) < 4.78 is 24.9. The summed E-state index contributed by atoms with van der Waals surface area (Å²) in [7, 11) is -1.11. The number of hydrogen-bond donors (Lipinski definition) is 0. The van der Waals surface area contributed by atoms with E-state index in [4.69, 9.17) is 0 Å². The van der Waals surface area contributed by atoms with Gasteiger partial charge in [0.2, 0.25) is 0 Å². The average molecular weight is 214 g/mol. The molecule has 1 nitrogen and oxygen atoms in total. The Bertz CT molecular complexity index is 349. The molecule has 78 valence electrons. The van der Waals surface area contributed by atoms with Gasteiger partial charge < -0.3 is 0 Å². The van der Waals surface area contributed by atoms with Crippen LogP contribution in [0.1, 0.15) is 31.7 Å². The molecule has 0 saturated heterocycles. The first-order chi connectivity index (χ1) is 6.57. The summed E-state index contributed by atoms with van der Waals surface area (Å²) in [6.45, 7) is 3.95. The second-order valence-electron chi connectivity index (χ2n) is 3.42. The van der Waals surface area contributed by atoms with Crippen LogP contribution in [0.25, 0.3) is 0 Å². The lowest BCUT2D eigenvalue weighted by Gasteiger charge is -2.13. The van der Waals surface area contributed by atoms with Gasteiger partial charge in [0.05, 0.1) is 10.8 Å². The van der Waals surface area contributed by atoms with E-state index in [9.17, 15) is 8.60 Å². The van der Waals surface area contributed by atoms with Crippen molar-refractivity contribution < 1.29 is 8.60 Å². The van der Waals surface area contributed by atoms with Gasteiger partial charge in [0.1, 0.15) is 5.82 Å². The van der Waals surface area contributed by atoms with E-state index in [0.29, 0.717) is 10.5 Å². The molecule has 1 rings (SSSR count). The highest BCUT2D eigenvalue weighted by atomic mass is 32.2. The van der Waals surface area contributed by atoms with Gasteiger partial charge in [-0.1, -0.05) is 19.9 Å². The van der Waals surface area contributed by atoms with E-state index in [1.54, 1.807) is 18.4 Å². The highest BCUT2D eigenvalue weighted by molar-refractivity contribution is 7.84. The standard InChI is InChI=1S/C11H15FOS/c1-4-8(2)11-9(12)6-5-7-10(11)14(3)13/h5-8H,4H2,1-3H3. The summed E-state index contributed by atoms with van der Waals surface area (Å²) in [4.78, 5) is 0.624. The predicted octanol–water partition coefficient (Wildman–Crippen LogP) is 3.08. The Labute approximate surface area is 86.8 Å². The molecule has 1 aromatic rings. The predicted molar refractivity (Wildman–Crippen MR) is 57.4 cm³/mol. The van der Waals surface area contributed by atoms with Crippen LogP contribution in [0.3, 0.4) is 0 Å². The fourth-order valence-corrected chi connectivity index (χ4v) is 2.33. The van der Waals surface area contributed by atoms with E-state index in [0.717, 1.165) is 6.42 Å². The van der Waals surface area contributed by atoms with Crippen LogP contribution in [0, 0.1) is 5.82 Å². The Morgan fingerprint density at radius 3 is 2.64 bits per heavy atom. The first-order valence-electron chi connectivity index (χ1n) is 4.69. The van der Waals surface area contributed by atoms with Crippen molar-refractivity contribution in [1.82, 2.24) is 0 Å². The van der Waals surface area contributed by atoms with E-state index in [1.807, 2.05) is 13.8 Å². The summed E-state index contributed by atoms with van der Waals surface area (Å²) in [5, 5.41) is 0. The van der Waals surface area contributed by atoms with E-state index >= 15 is 0 Å². The summed E-state index contributed by atoms with van der Waals surface area (Å²) >= 11 is 0. The Hall–Kier alpha value is -0.700. The lowest BCUT2D eigenvalue weighted by atomic mass is 9.98. The van der Waals surface area contributed by atoms with Gasteiger partial charge >= 0.3 is 0 Å². The van der Waals surface area contributed by atoms with Crippen molar-refractivity contribution in [3.8, 4) is 0 Å². The van der Waals surface area contributed by atoms with Gasteiger partial charge in [0.25, 0.3) is 0 Å². The Balaban J connectivity index is 3.29. The third-order valence-electron chi connectivity index (χ3n) is 2.43. The molecular weight excluding hydrogens is 199 g/mol. The summed E-state index contributed by atoms with van der Waals surface area (Å²) in [6, 6.07) is 4.77. The van der Waals surface area contributed by atoms with E-state index in [1.165, 1.54) is 6.07 Å². The highest BCUT2D eigenvalue weighted by Gasteiger charge is 2.15. The Kier molecular flexibility index (Phi) is 3.81. The molecule has 3 heteroatoms. The molecule has 14 heavy (non-hydrogen) atoms. The molecule has 2 atom stereocenters. The van der Waals surface area contributed by atoms with E-state index < -0.39 is 10.8 Å². The van der Waals surface area contributed by atoms with Crippen LogP contribution in [0.5, 0.6) is 0 Å². The van der Waals surface area contributed by atoms with Crippen molar-refractivity contribution in [3.63, 3.8) is 0 Å². The SMILES string of the molecule is CCC(C)c1c(F)cccc1S(C)=O. The molecule has 0 N–H and O–H groups in total. The van der Waals surface area contributed by atoms with Gasteiger partial charge in [0.15, 0.2) is 0 Å². The third kappa shape index (κ3) is 2.21. The molecule has 0 aliphatic carbocycles. The zero-order valence-corrected chi connectivity index (χ0v) is 9.53. The fraction of sp³-hybridized carbons (Fsp3) is 0.455. The Morgan fingerprint density at radius 1 is 1.50 bits per heavy atom. The minimum absolute atomic E-state index is 0.120. The topological polar surface area (TPSA) is 17.1 Å². The lowest BCUT2D eigenvalue weighted by molar-refractivity contribution is 0.573. The number of rotatable bonds is 3. The first-order valence-corrected chi connectivity index (χ1v) is 6.25. The van der Waals surface area contributed by atoms with Crippen molar-refractivity contribution in [1.29, 1.82) is 0 Å². The van der Waals surface area contributed by atoms with Crippen LogP contribution in [0.2, 0.25) is 0 Å². The zero-order chi connectivity index (χ0) is 10.7. The maximum absolute atomic E-state index is 13.5. The molecule has 1 aromatic carbocycles. The lowest BCUT2D eigenvalue weighted by Crippen LogP contribution is -2.03. The molecule has 0 aliphatic heterocycles. The Morgan fingerprint density at radius 2 is 2.14 bits per heavy atom. The number of halogens is 1. The third-order valence-corrected chi connectivity index (χ3v) is 3.40. The normalized spacial score (nSPS) is 15.1. The van der Waals surface area contributed by atoms with Gasteiger partial charge in [-0.15, -0.1) is 0 Å². The van der Waals surface area contributed by atoms with Crippen LogP contribution in [0.4, 0.5) is 4.39 Å². The highest BCUT2D eigenvalue weighted by Crippen LogP contribution is 2.27. The maximum Gasteiger partial charge on any atom is 0.127 e. The molecule has 0 amide bonds. The minimum Gasteiger partial charge on any atom is -0.255 e. The second kappa shape index (κ2) is 4.69. The molecule has 0 spiro atoms. The molecular formula is C11H15FOS. The van der Waals surface area contributed by atoms with Gasteiger partial charge in [0, 0.05) is 16.7 Å². The summed E-state index contributed by atoms with van der Waals surface area (Å²) in [5.74, 6) is -0.123. The maximum atomic E-state index is 13.5. The fourth-order valence-electron chi connectivity index (χ4n) is 1.45. The minimum atomic E-state index is -1.11. The molecule has 0 saturated carbocycles. The monoisotopic (exact) mass is 214 g/mol. The molecule has 0 fully saturated rings. The zero-order valence-electron chi connectivity index (χ0n) is 8.71. The van der Waals surface area contributed by atoms with Crippen LogP contribution >= 0.6 is 0 Å². The summed E-state index contributed by atoms with van der Waals surface area (Å²) in [5.41, 5.74) is 0.607. The number of benzene rings is 1. The number of hydrogen-bond acceptors (Lipinski definition) is 1. The molecule has 0 radical (unpaired) electrons. The average Bonchev–Trinajstić information content (AvgIpc) is 2.16. The van der Waals surface area contributed by atoms with Gasteiger partial charge in [-0.3, -0.25) is 4.21 Å². The largest absolute Gasteiger partial charge is 0.255 e. The first kappa shape index (κ1) is 11.4. The van der Waals surface area contributed by atoms with Gasteiger partial charge in [-0.05, 0) is 24.5 Å². The molecule has 0 bridgehead atoms. The van der Waals surface area contributed by atoms with Gasteiger partial charge in [-0.2, -0.15) is 0 Å². The molecule has 0 aromatic heterocycles.